The summed E-state index contributed by atoms with van der Waals surface area (Å²) in [5, 5.41) is 4.06. The molecule has 0 aliphatic heterocycles. The van der Waals surface area contributed by atoms with E-state index in [9.17, 15) is 8.42 Å². The molecule has 8 heteroatoms. The molecule has 2 heterocycles. The van der Waals surface area contributed by atoms with Crippen LogP contribution in [0.3, 0.4) is 0 Å². The average molecular weight is 337 g/mol. The summed E-state index contributed by atoms with van der Waals surface area (Å²) >= 11 is 12.9. The Balaban J connectivity index is 2.18. The molecule has 0 saturated carbocycles. The first-order valence-corrected chi connectivity index (χ1v) is 8.41. The van der Waals surface area contributed by atoms with Gasteiger partial charge in [-0.15, -0.1) is 0 Å². The van der Waals surface area contributed by atoms with Gasteiger partial charge in [-0.25, -0.2) is 18.1 Å². The molecule has 0 fully saturated rings. The number of hydrogen-bond acceptors (Lipinski definition) is 4. The molecule has 19 heavy (non-hydrogen) atoms. The standard InChI is InChI=1S/C11H10Cl2N2O2S2/c1-7-5-18-6-8(7)3-15-19(16,17)9-2-10(12)11(13)14-4-9/h2,4-6,15H,3H2,1H3. The van der Waals surface area contributed by atoms with E-state index in [1.807, 2.05) is 17.7 Å². The molecule has 2 aromatic rings. The molecule has 0 radical (unpaired) electrons. The third-order valence-electron chi connectivity index (χ3n) is 2.50. The largest absolute Gasteiger partial charge is 0.242 e. The summed E-state index contributed by atoms with van der Waals surface area (Å²) in [5.41, 5.74) is 2.00. The Morgan fingerprint density at radius 2 is 2.11 bits per heavy atom. The quantitative estimate of drug-likeness (QED) is 0.872. The average Bonchev–Trinajstić information content (AvgIpc) is 2.76. The maximum Gasteiger partial charge on any atom is 0.242 e. The maximum absolute atomic E-state index is 12.1. The van der Waals surface area contributed by atoms with Gasteiger partial charge in [0.05, 0.1) is 5.02 Å². The van der Waals surface area contributed by atoms with Gasteiger partial charge in [0.1, 0.15) is 10.0 Å². The first kappa shape index (κ1) is 14.7. The normalized spacial score (nSPS) is 11.7. The van der Waals surface area contributed by atoms with Gasteiger partial charge in [-0.1, -0.05) is 23.2 Å². The van der Waals surface area contributed by atoms with Crippen LogP contribution in [0.1, 0.15) is 11.1 Å². The van der Waals surface area contributed by atoms with Crippen LogP contribution in [0, 0.1) is 6.92 Å². The van der Waals surface area contributed by atoms with E-state index in [1.54, 1.807) is 0 Å². The zero-order valence-corrected chi connectivity index (χ0v) is 13.0. The second kappa shape index (κ2) is 5.76. The highest BCUT2D eigenvalue weighted by Crippen LogP contribution is 2.22. The van der Waals surface area contributed by atoms with Crippen LogP contribution in [0.2, 0.25) is 10.2 Å². The number of pyridine rings is 1. The minimum absolute atomic E-state index is 0.00483. The van der Waals surface area contributed by atoms with Crippen molar-refractivity contribution >= 4 is 44.6 Å². The summed E-state index contributed by atoms with van der Waals surface area (Å²) in [6, 6.07) is 1.28. The van der Waals surface area contributed by atoms with Crippen molar-refractivity contribution in [3.05, 3.63) is 44.3 Å². The number of nitrogens with zero attached hydrogens (tertiary/aromatic N) is 1. The van der Waals surface area contributed by atoms with Crippen molar-refractivity contribution in [2.75, 3.05) is 0 Å². The van der Waals surface area contributed by atoms with E-state index in [1.165, 1.54) is 23.6 Å². The highest BCUT2D eigenvalue weighted by Gasteiger charge is 2.16. The molecule has 2 aromatic heterocycles. The fraction of sp³-hybridized carbons (Fsp3) is 0.182. The van der Waals surface area contributed by atoms with Crippen LogP contribution in [-0.4, -0.2) is 13.4 Å². The lowest BCUT2D eigenvalue weighted by molar-refractivity contribution is 0.581. The van der Waals surface area contributed by atoms with E-state index in [0.29, 0.717) is 0 Å². The number of hydrogen-bond donors (Lipinski definition) is 1. The Hall–Kier alpha value is -0.660. The molecule has 0 spiro atoms. The van der Waals surface area contributed by atoms with E-state index < -0.39 is 10.0 Å². The Morgan fingerprint density at radius 1 is 1.37 bits per heavy atom. The van der Waals surface area contributed by atoms with Gasteiger partial charge >= 0.3 is 0 Å². The monoisotopic (exact) mass is 336 g/mol. The summed E-state index contributed by atoms with van der Waals surface area (Å²) in [4.78, 5) is 3.72. The molecule has 102 valence electrons. The van der Waals surface area contributed by atoms with E-state index in [0.717, 1.165) is 11.1 Å². The predicted octanol–water partition coefficient (Wildman–Crippen LogP) is 3.24. The lowest BCUT2D eigenvalue weighted by Crippen LogP contribution is -2.23. The van der Waals surface area contributed by atoms with Crippen molar-refractivity contribution in [3.8, 4) is 0 Å². The van der Waals surface area contributed by atoms with Crippen LogP contribution in [0.5, 0.6) is 0 Å². The van der Waals surface area contributed by atoms with Crippen LogP contribution in [0.15, 0.2) is 27.9 Å². The molecule has 0 amide bonds. The second-order valence-electron chi connectivity index (χ2n) is 3.85. The molecule has 2 rings (SSSR count). The number of sulfonamides is 1. The summed E-state index contributed by atoms with van der Waals surface area (Å²) in [6.07, 6.45) is 1.18. The van der Waals surface area contributed by atoms with Crippen molar-refractivity contribution < 1.29 is 8.42 Å². The molecule has 0 unspecified atom stereocenters. The first-order chi connectivity index (χ1) is 8.90. The first-order valence-electron chi connectivity index (χ1n) is 5.22. The van der Waals surface area contributed by atoms with Crippen molar-refractivity contribution in [1.82, 2.24) is 9.71 Å². The van der Waals surface area contributed by atoms with Gasteiger partial charge in [0.2, 0.25) is 10.0 Å². The van der Waals surface area contributed by atoms with Crippen molar-refractivity contribution in [1.29, 1.82) is 0 Å². The minimum atomic E-state index is -3.64. The Kier molecular flexibility index (Phi) is 4.47. The van der Waals surface area contributed by atoms with E-state index in [2.05, 4.69) is 9.71 Å². The minimum Gasteiger partial charge on any atom is -0.242 e. The number of aryl methyl sites for hydroxylation is 1. The van der Waals surface area contributed by atoms with Gasteiger partial charge in [-0.05, 0) is 34.9 Å². The number of rotatable bonds is 4. The van der Waals surface area contributed by atoms with Crippen molar-refractivity contribution in [2.45, 2.75) is 18.4 Å². The topological polar surface area (TPSA) is 59.1 Å². The molecule has 4 nitrogen and oxygen atoms in total. The lowest BCUT2D eigenvalue weighted by Gasteiger charge is -2.07. The molecular weight excluding hydrogens is 327 g/mol. The molecule has 0 aromatic carbocycles. The lowest BCUT2D eigenvalue weighted by atomic mass is 10.2. The van der Waals surface area contributed by atoms with Gasteiger partial charge in [0.15, 0.2) is 0 Å². The van der Waals surface area contributed by atoms with Gasteiger partial charge in [0, 0.05) is 12.7 Å². The number of nitrogens with one attached hydrogen (secondary N) is 1. The summed E-state index contributed by atoms with van der Waals surface area (Å²) in [7, 11) is -3.64. The third kappa shape index (κ3) is 3.46. The molecule has 1 N–H and O–H groups in total. The predicted molar refractivity (Wildman–Crippen MR) is 77.3 cm³/mol. The van der Waals surface area contributed by atoms with Crippen molar-refractivity contribution in [2.24, 2.45) is 0 Å². The van der Waals surface area contributed by atoms with Gasteiger partial charge in [-0.2, -0.15) is 11.3 Å². The van der Waals surface area contributed by atoms with Crippen LogP contribution in [-0.2, 0) is 16.6 Å². The van der Waals surface area contributed by atoms with Crippen LogP contribution < -0.4 is 4.72 Å². The molecule has 0 saturated heterocycles. The molecule has 0 aliphatic carbocycles. The SMILES string of the molecule is Cc1cscc1CNS(=O)(=O)c1cnc(Cl)c(Cl)c1. The number of aromatic nitrogens is 1. The smallest absolute Gasteiger partial charge is 0.242 e. The fourth-order valence-electron chi connectivity index (χ4n) is 1.37. The van der Waals surface area contributed by atoms with Crippen LogP contribution >= 0.6 is 34.5 Å². The maximum atomic E-state index is 12.1. The highest BCUT2D eigenvalue weighted by molar-refractivity contribution is 7.89. The summed E-state index contributed by atoms with van der Waals surface area (Å²) in [5.74, 6) is 0. The third-order valence-corrected chi connectivity index (χ3v) is 5.46. The summed E-state index contributed by atoms with van der Waals surface area (Å²) < 4.78 is 26.6. The Labute approximate surface area is 125 Å². The van der Waals surface area contributed by atoms with E-state index >= 15 is 0 Å². The molecule has 0 aliphatic rings. The zero-order chi connectivity index (χ0) is 14.0. The van der Waals surface area contributed by atoms with Gasteiger partial charge in [0.25, 0.3) is 0 Å². The molecular formula is C11H10Cl2N2O2S2. The van der Waals surface area contributed by atoms with Gasteiger partial charge in [-0.3, -0.25) is 0 Å². The number of halogens is 2. The molecule has 0 atom stereocenters. The molecule has 0 bridgehead atoms. The Morgan fingerprint density at radius 3 is 2.68 bits per heavy atom. The van der Waals surface area contributed by atoms with Crippen LogP contribution in [0.25, 0.3) is 0 Å². The fourth-order valence-corrected chi connectivity index (χ4v) is 3.54. The zero-order valence-electron chi connectivity index (χ0n) is 9.85. The van der Waals surface area contributed by atoms with Gasteiger partial charge < -0.3 is 0 Å². The second-order valence-corrected chi connectivity index (χ2v) is 7.12. The Bertz CT molecular complexity index is 698. The summed E-state index contributed by atoms with van der Waals surface area (Å²) in [6.45, 7) is 2.17. The van der Waals surface area contributed by atoms with Crippen molar-refractivity contribution in [3.63, 3.8) is 0 Å². The van der Waals surface area contributed by atoms with E-state index in [-0.39, 0.29) is 21.6 Å². The van der Waals surface area contributed by atoms with E-state index in [4.69, 9.17) is 23.2 Å². The van der Waals surface area contributed by atoms with Crippen LogP contribution in [0.4, 0.5) is 0 Å². The highest BCUT2D eigenvalue weighted by atomic mass is 35.5. The number of thiophene rings is 1.